The van der Waals surface area contributed by atoms with E-state index >= 15 is 0 Å². The maximum absolute atomic E-state index is 12.4. The van der Waals surface area contributed by atoms with Gasteiger partial charge in [0, 0.05) is 23.9 Å². The van der Waals surface area contributed by atoms with Crippen molar-refractivity contribution in [3.63, 3.8) is 0 Å². The smallest absolute Gasteiger partial charge is 0.282 e. The first-order valence-corrected chi connectivity index (χ1v) is 7.48. The molecular formula is C17H17N3O5. The van der Waals surface area contributed by atoms with E-state index in [0.717, 1.165) is 0 Å². The summed E-state index contributed by atoms with van der Waals surface area (Å²) in [6.07, 6.45) is 0. The summed E-state index contributed by atoms with van der Waals surface area (Å²) in [7, 11) is 1.41. The maximum atomic E-state index is 12.4. The molecule has 0 unspecified atom stereocenters. The Morgan fingerprint density at radius 2 is 1.80 bits per heavy atom. The molecular weight excluding hydrogens is 326 g/mol. The summed E-state index contributed by atoms with van der Waals surface area (Å²) in [5, 5.41) is 16.3. The van der Waals surface area contributed by atoms with E-state index in [1.165, 1.54) is 25.3 Å². The molecule has 0 bridgehead atoms. The van der Waals surface area contributed by atoms with Crippen LogP contribution in [0, 0.1) is 10.1 Å². The predicted octanol–water partition coefficient (Wildman–Crippen LogP) is 2.61. The third-order valence-corrected chi connectivity index (χ3v) is 3.39. The topological polar surface area (TPSA) is 111 Å². The van der Waals surface area contributed by atoms with Gasteiger partial charge in [0.1, 0.15) is 11.3 Å². The van der Waals surface area contributed by atoms with Gasteiger partial charge in [-0.2, -0.15) is 0 Å². The minimum Gasteiger partial charge on any atom is -0.497 e. The van der Waals surface area contributed by atoms with Gasteiger partial charge in [0.25, 0.3) is 17.5 Å². The Hall–Kier alpha value is -3.42. The normalized spacial score (nSPS) is 10.0. The second-order valence-electron chi connectivity index (χ2n) is 5.03. The van der Waals surface area contributed by atoms with E-state index in [2.05, 4.69) is 10.6 Å². The third-order valence-electron chi connectivity index (χ3n) is 3.39. The summed E-state index contributed by atoms with van der Waals surface area (Å²) in [5.74, 6) is -0.525. The minimum absolute atomic E-state index is 0.114. The van der Waals surface area contributed by atoms with Gasteiger partial charge in [0.15, 0.2) is 0 Å². The lowest BCUT2D eigenvalue weighted by Crippen LogP contribution is -2.22. The molecule has 8 nitrogen and oxygen atoms in total. The number of hydrogen-bond donors (Lipinski definition) is 2. The van der Waals surface area contributed by atoms with Crippen LogP contribution in [0.15, 0.2) is 42.5 Å². The van der Waals surface area contributed by atoms with Crippen LogP contribution in [-0.2, 0) is 0 Å². The highest BCUT2D eigenvalue weighted by atomic mass is 16.6. The highest BCUT2D eigenvalue weighted by molar-refractivity contribution is 6.07. The number of benzene rings is 2. The van der Waals surface area contributed by atoms with Crippen molar-refractivity contribution in [1.82, 2.24) is 5.32 Å². The lowest BCUT2D eigenvalue weighted by molar-refractivity contribution is -0.385. The lowest BCUT2D eigenvalue weighted by Gasteiger charge is -2.08. The third kappa shape index (κ3) is 4.31. The van der Waals surface area contributed by atoms with Gasteiger partial charge < -0.3 is 15.4 Å². The van der Waals surface area contributed by atoms with Crippen LogP contribution in [0.3, 0.4) is 0 Å². The van der Waals surface area contributed by atoms with Crippen molar-refractivity contribution in [1.29, 1.82) is 0 Å². The zero-order chi connectivity index (χ0) is 18.4. The van der Waals surface area contributed by atoms with Crippen LogP contribution in [0.5, 0.6) is 5.75 Å². The van der Waals surface area contributed by atoms with Crippen LogP contribution in [0.4, 0.5) is 11.4 Å². The number of anilines is 1. The zero-order valence-corrected chi connectivity index (χ0v) is 13.7. The summed E-state index contributed by atoms with van der Waals surface area (Å²) in [5.41, 5.74) is 0.428. The Kier molecular flexibility index (Phi) is 5.67. The Balaban J connectivity index is 2.22. The molecule has 2 rings (SSSR count). The molecule has 0 saturated heterocycles. The molecule has 0 aliphatic rings. The van der Waals surface area contributed by atoms with E-state index in [-0.39, 0.29) is 17.2 Å². The van der Waals surface area contributed by atoms with Gasteiger partial charge in [-0.15, -0.1) is 0 Å². The Labute approximate surface area is 144 Å². The first kappa shape index (κ1) is 17.9. The summed E-state index contributed by atoms with van der Waals surface area (Å²) in [6.45, 7) is 2.32. The Bertz CT molecular complexity index is 802. The van der Waals surface area contributed by atoms with Crippen molar-refractivity contribution < 1.29 is 19.2 Å². The van der Waals surface area contributed by atoms with Gasteiger partial charge in [0.2, 0.25) is 0 Å². The van der Waals surface area contributed by atoms with Crippen LogP contribution in [0.1, 0.15) is 27.6 Å². The van der Waals surface area contributed by atoms with E-state index in [1.54, 1.807) is 24.3 Å². The van der Waals surface area contributed by atoms with Crippen LogP contribution < -0.4 is 15.4 Å². The molecule has 0 aromatic heterocycles. The van der Waals surface area contributed by atoms with Crippen LogP contribution in [0.2, 0.25) is 0 Å². The van der Waals surface area contributed by atoms with Gasteiger partial charge in [-0.3, -0.25) is 19.7 Å². The molecule has 2 aromatic carbocycles. The monoisotopic (exact) mass is 343 g/mol. The highest BCUT2D eigenvalue weighted by Crippen LogP contribution is 2.25. The maximum Gasteiger partial charge on any atom is 0.282 e. The molecule has 2 aromatic rings. The first-order chi connectivity index (χ1) is 12.0. The van der Waals surface area contributed by atoms with Gasteiger partial charge in [-0.25, -0.2) is 0 Å². The fourth-order valence-corrected chi connectivity index (χ4v) is 2.15. The summed E-state index contributed by atoms with van der Waals surface area (Å²) >= 11 is 0. The molecule has 0 radical (unpaired) electrons. The van der Waals surface area contributed by atoms with Crippen LogP contribution in [-0.4, -0.2) is 30.4 Å². The minimum atomic E-state index is -0.642. The Morgan fingerprint density at radius 1 is 1.12 bits per heavy atom. The number of nitro benzene ring substituents is 1. The summed E-state index contributed by atoms with van der Waals surface area (Å²) in [4.78, 5) is 34.5. The number of ether oxygens (including phenoxy) is 1. The van der Waals surface area contributed by atoms with E-state index in [4.69, 9.17) is 4.74 Å². The molecule has 0 spiro atoms. The molecule has 130 valence electrons. The predicted molar refractivity (Wildman–Crippen MR) is 92.1 cm³/mol. The molecule has 2 N–H and O–H groups in total. The second kappa shape index (κ2) is 7.91. The number of amides is 2. The standard InChI is InChI=1S/C17H17N3O5/c1-3-18-16(21)11-4-6-12(7-5-11)19-17(22)14-10-13(25-2)8-9-15(14)20(23)24/h4-10H,3H2,1-2H3,(H,18,21)(H,19,22). The fourth-order valence-electron chi connectivity index (χ4n) is 2.15. The van der Waals surface area contributed by atoms with Crippen molar-refractivity contribution in [3.05, 3.63) is 63.7 Å². The van der Waals surface area contributed by atoms with Gasteiger partial charge >= 0.3 is 0 Å². The van der Waals surface area contributed by atoms with Gasteiger partial charge in [0.05, 0.1) is 12.0 Å². The average molecular weight is 343 g/mol. The number of nitrogens with zero attached hydrogens (tertiary/aromatic N) is 1. The zero-order valence-electron chi connectivity index (χ0n) is 13.7. The molecule has 25 heavy (non-hydrogen) atoms. The number of carbonyl (C=O) groups excluding carboxylic acids is 2. The number of methoxy groups -OCH3 is 1. The van der Waals surface area contributed by atoms with E-state index in [9.17, 15) is 19.7 Å². The number of carbonyl (C=O) groups is 2. The van der Waals surface area contributed by atoms with Gasteiger partial charge in [-0.05, 0) is 43.3 Å². The van der Waals surface area contributed by atoms with Crippen molar-refractivity contribution in [2.45, 2.75) is 6.92 Å². The highest BCUT2D eigenvalue weighted by Gasteiger charge is 2.21. The SMILES string of the molecule is CCNC(=O)c1ccc(NC(=O)c2cc(OC)ccc2[N+](=O)[O-])cc1. The van der Waals surface area contributed by atoms with Crippen LogP contribution in [0.25, 0.3) is 0 Å². The quantitative estimate of drug-likeness (QED) is 0.619. The summed E-state index contributed by atoms with van der Waals surface area (Å²) < 4.78 is 5.01. The number of rotatable bonds is 6. The molecule has 0 atom stereocenters. The number of hydrogen-bond acceptors (Lipinski definition) is 5. The lowest BCUT2D eigenvalue weighted by atomic mass is 10.1. The van der Waals surface area contributed by atoms with E-state index < -0.39 is 10.8 Å². The fraction of sp³-hybridized carbons (Fsp3) is 0.176. The number of nitro groups is 1. The van der Waals surface area contributed by atoms with Crippen LogP contribution >= 0.6 is 0 Å². The largest absolute Gasteiger partial charge is 0.497 e. The van der Waals surface area contributed by atoms with Crippen molar-refractivity contribution in [2.75, 3.05) is 19.0 Å². The van der Waals surface area contributed by atoms with E-state index in [0.29, 0.717) is 23.5 Å². The second-order valence-corrected chi connectivity index (χ2v) is 5.03. The molecule has 0 heterocycles. The molecule has 8 heteroatoms. The van der Waals surface area contributed by atoms with Crippen molar-refractivity contribution in [3.8, 4) is 5.75 Å². The van der Waals surface area contributed by atoms with Crippen molar-refractivity contribution in [2.24, 2.45) is 0 Å². The Morgan fingerprint density at radius 3 is 2.36 bits per heavy atom. The van der Waals surface area contributed by atoms with E-state index in [1.807, 2.05) is 6.92 Å². The molecule has 0 aliphatic heterocycles. The summed E-state index contributed by atoms with van der Waals surface area (Å²) in [6, 6.07) is 10.1. The van der Waals surface area contributed by atoms with Crippen molar-refractivity contribution >= 4 is 23.2 Å². The molecule has 0 aliphatic carbocycles. The average Bonchev–Trinajstić information content (AvgIpc) is 2.61. The number of nitrogens with one attached hydrogen (secondary N) is 2. The first-order valence-electron chi connectivity index (χ1n) is 7.48. The molecule has 2 amide bonds. The molecule has 0 saturated carbocycles. The van der Waals surface area contributed by atoms with Gasteiger partial charge in [-0.1, -0.05) is 0 Å². The molecule has 0 fully saturated rings.